The lowest BCUT2D eigenvalue weighted by atomic mass is 10.2. The molecule has 0 aliphatic rings. The van der Waals surface area contributed by atoms with Crippen LogP contribution in [-0.2, 0) is 0 Å². The Morgan fingerprint density at radius 1 is 1.00 bits per heavy atom. The molecule has 0 bridgehead atoms. The molecule has 1 aromatic rings. The average Bonchev–Trinajstić information content (AvgIpc) is 2.33. The molecule has 0 unspecified atom stereocenters. The van der Waals surface area contributed by atoms with Crippen LogP contribution in [0.25, 0.3) is 0 Å². The molecule has 0 fully saturated rings. The average molecular weight is 260 g/mol. The summed E-state index contributed by atoms with van der Waals surface area (Å²) in [5, 5.41) is 0.0813. The summed E-state index contributed by atoms with van der Waals surface area (Å²) in [6, 6.07) is 0.392. The Balaban J connectivity index is 2.28. The van der Waals surface area contributed by atoms with Crippen molar-refractivity contribution in [1.82, 2.24) is 15.0 Å². The van der Waals surface area contributed by atoms with Gasteiger partial charge >= 0.3 is 12.0 Å². The van der Waals surface area contributed by atoms with Gasteiger partial charge in [-0.1, -0.05) is 32.6 Å². The molecule has 1 rings (SSSR count). The summed E-state index contributed by atoms with van der Waals surface area (Å²) < 4.78 is 10.3. The molecule has 96 valence electrons. The lowest BCUT2D eigenvalue weighted by Gasteiger charge is -2.05. The zero-order chi connectivity index (χ0) is 12.5. The van der Waals surface area contributed by atoms with Crippen LogP contribution in [0.2, 0.25) is 5.28 Å². The first-order valence-electron chi connectivity index (χ1n) is 5.84. The number of rotatable bonds is 8. The van der Waals surface area contributed by atoms with Gasteiger partial charge in [-0.05, 0) is 18.0 Å². The largest absolute Gasteiger partial charge is 0.467 e. The number of halogens is 1. The maximum Gasteiger partial charge on any atom is 0.323 e. The van der Waals surface area contributed by atoms with Gasteiger partial charge in [0.25, 0.3) is 0 Å². The first kappa shape index (κ1) is 14.0. The zero-order valence-electron chi connectivity index (χ0n) is 10.3. The van der Waals surface area contributed by atoms with Crippen molar-refractivity contribution >= 4 is 11.6 Å². The number of unbranched alkanes of at least 4 members (excludes halogenated alkanes) is 4. The van der Waals surface area contributed by atoms with Gasteiger partial charge in [-0.15, -0.1) is 4.98 Å². The number of hydrogen-bond donors (Lipinski definition) is 0. The lowest BCUT2D eigenvalue weighted by Crippen LogP contribution is -2.04. The van der Waals surface area contributed by atoms with E-state index in [1.54, 1.807) is 0 Å². The van der Waals surface area contributed by atoms with Crippen molar-refractivity contribution in [3.63, 3.8) is 0 Å². The smallest absolute Gasteiger partial charge is 0.323 e. The van der Waals surface area contributed by atoms with Crippen LogP contribution in [0.5, 0.6) is 12.0 Å². The van der Waals surface area contributed by atoms with Gasteiger partial charge in [0.1, 0.15) is 0 Å². The van der Waals surface area contributed by atoms with E-state index in [1.807, 2.05) is 0 Å². The summed E-state index contributed by atoms with van der Waals surface area (Å²) in [5.74, 6) is 0. The summed E-state index contributed by atoms with van der Waals surface area (Å²) in [6.45, 7) is 2.78. The molecule has 0 spiro atoms. The summed E-state index contributed by atoms with van der Waals surface area (Å²) in [5.41, 5.74) is 0. The van der Waals surface area contributed by atoms with Crippen molar-refractivity contribution in [2.75, 3.05) is 13.7 Å². The summed E-state index contributed by atoms with van der Waals surface area (Å²) in [4.78, 5) is 11.6. The topological polar surface area (TPSA) is 57.1 Å². The van der Waals surface area contributed by atoms with Crippen molar-refractivity contribution in [3.05, 3.63) is 5.28 Å². The molecule has 0 saturated carbocycles. The summed E-state index contributed by atoms with van der Waals surface area (Å²) in [7, 11) is 1.47. The third kappa shape index (κ3) is 5.68. The van der Waals surface area contributed by atoms with Gasteiger partial charge in [0.2, 0.25) is 5.28 Å². The van der Waals surface area contributed by atoms with E-state index in [4.69, 9.17) is 21.1 Å². The van der Waals surface area contributed by atoms with E-state index in [-0.39, 0.29) is 17.3 Å². The fourth-order valence-electron chi connectivity index (χ4n) is 1.34. The normalized spacial score (nSPS) is 10.3. The van der Waals surface area contributed by atoms with Crippen LogP contribution >= 0.6 is 11.6 Å². The minimum absolute atomic E-state index is 0.0813. The van der Waals surface area contributed by atoms with E-state index < -0.39 is 0 Å². The van der Waals surface area contributed by atoms with Crippen LogP contribution in [0, 0.1) is 0 Å². The first-order valence-corrected chi connectivity index (χ1v) is 6.22. The molecule has 1 aromatic heterocycles. The molecule has 0 saturated heterocycles. The third-order valence-electron chi connectivity index (χ3n) is 2.23. The molecule has 5 nitrogen and oxygen atoms in total. The zero-order valence-corrected chi connectivity index (χ0v) is 11.0. The maximum atomic E-state index is 5.69. The quantitative estimate of drug-likeness (QED) is 0.672. The van der Waals surface area contributed by atoms with Gasteiger partial charge in [0.05, 0.1) is 13.7 Å². The SMILES string of the molecule is CCCCCCCOc1nc(Cl)nc(OC)n1. The second kappa shape index (κ2) is 8.06. The van der Waals surface area contributed by atoms with Crippen molar-refractivity contribution in [1.29, 1.82) is 0 Å². The minimum atomic E-state index is 0.0813. The Bertz CT molecular complexity index is 336. The molecule has 0 radical (unpaired) electrons. The Morgan fingerprint density at radius 3 is 2.41 bits per heavy atom. The molecule has 0 aromatic carbocycles. The monoisotopic (exact) mass is 259 g/mol. The fourth-order valence-corrected chi connectivity index (χ4v) is 1.48. The highest BCUT2D eigenvalue weighted by atomic mass is 35.5. The van der Waals surface area contributed by atoms with E-state index in [0.717, 1.165) is 12.8 Å². The molecular formula is C11H18ClN3O2. The fraction of sp³-hybridized carbons (Fsp3) is 0.727. The van der Waals surface area contributed by atoms with Gasteiger partial charge < -0.3 is 9.47 Å². The Morgan fingerprint density at radius 2 is 1.71 bits per heavy atom. The second-order valence-electron chi connectivity index (χ2n) is 3.64. The van der Waals surface area contributed by atoms with E-state index in [2.05, 4.69) is 21.9 Å². The van der Waals surface area contributed by atoms with Crippen LogP contribution in [0.1, 0.15) is 39.0 Å². The van der Waals surface area contributed by atoms with Crippen molar-refractivity contribution in [2.24, 2.45) is 0 Å². The first-order chi connectivity index (χ1) is 8.26. The van der Waals surface area contributed by atoms with Crippen LogP contribution in [-0.4, -0.2) is 28.7 Å². The molecule has 6 heteroatoms. The standard InChI is InChI=1S/C11H18ClN3O2/c1-3-4-5-6-7-8-17-11-14-9(12)13-10(15-11)16-2/h3-8H2,1-2H3. The second-order valence-corrected chi connectivity index (χ2v) is 3.97. The van der Waals surface area contributed by atoms with Gasteiger partial charge in [0.15, 0.2) is 0 Å². The molecule has 0 atom stereocenters. The predicted octanol–water partition coefficient (Wildman–Crippen LogP) is 2.88. The van der Waals surface area contributed by atoms with Crippen LogP contribution in [0.15, 0.2) is 0 Å². The highest BCUT2D eigenvalue weighted by molar-refractivity contribution is 6.28. The van der Waals surface area contributed by atoms with Crippen molar-refractivity contribution in [3.8, 4) is 12.0 Å². The van der Waals surface area contributed by atoms with E-state index in [9.17, 15) is 0 Å². The number of ether oxygens (including phenoxy) is 2. The van der Waals surface area contributed by atoms with Crippen LogP contribution in [0.4, 0.5) is 0 Å². The van der Waals surface area contributed by atoms with Crippen molar-refractivity contribution in [2.45, 2.75) is 39.0 Å². The van der Waals surface area contributed by atoms with Gasteiger partial charge in [-0.3, -0.25) is 0 Å². The lowest BCUT2D eigenvalue weighted by molar-refractivity contribution is 0.271. The van der Waals surface area contributed by atoms with Gasteiger partial charge in [-0.2, -0.15) is 9.97 Å². The van der Waals surface area contributed by atoms with Crippen LogP contribution < -0.4 is 9.47 Å². The summed E-state index contributed by atoms with van der Waals surface area (Å²) in [6.07, 6.45) is 5.89. The maximum absolute atomic E-state index is 5.69. The third-order valence-corrected chi connectivity index (χ3v) is 2.40. The highest BCUT2D eigenvalue weighted by Crippen LogP contribution is 2.13. The number of aromatic nitrogens is 3. The molecule has 0 aliphatic carbocycles. The Labute approximate surface area is 107 Å². The molecule has 17 heavy (non-hydrogen) atoms. The van der Waals surface area contributed by atoms with E-state index >= 15 is 0 Å². The number of hydrogen-bond acceptors (Lipinski definition) is 5. The number of nitrogens with zero attached hydrogens (tertiary/aromatic N) is 3. The van der Waals surface area contributed by atoms with E-state index in [0.29, 0.717) is 6.61 Å². The van der Waals surface area contributed by atoms with Crippen LogP contribution in [0.3, 0.4) is 0 Å². The highest BCUT2D eigenvalue weighted by Gasteiger charge is 2.05. The molecular weight excluding hydrogens is 242 g/mol. The van der Waals surface area contributed by atoms with E-state index in [1.165, 1.54) is 26.4 Å². The predicted molar refractivity (Wildman–Crippen MR) is 65.6 cm³/mol. The number of methoxy groups -OCH3 is 1. The molecule has 1 heterocycles. The minimum Gasteiger partial charge on any atom is -0.467 e. The molecule has 0 N–H and O–H groups in total. The van der Waals surface area contributed by atoms with Crippen molar-refractivity contribution < 1.29 is 9.47 Å². The Kier molecular flexibility index (Phi) is 6.62. The van der Waals surface area contributed by atoms with Gasteiger partial charge in [0, 0.05) is 0 Å². The van der Waals surface area contributed by atoms with Gasteiger partial charge in [-0.25, -0.2) is 0 Å². The summed E-state index contributed by atoms with van der Waals surface area (Å²) >= 11 is 5.69. The molecule has 0 amide bonds. The molecule has 0 aliphatic heterocycles. The Hall–Kier alpha value is -1.10.